The number of fused-ring (bicyclic) bond motifs is 1. The van der Waals surface area contributed by atoms with Crippen LogP contribution in [0.1, 0.15) is 17.3 Å². The molecule has 2 amide bonds. The largest absolute Gasteiger partial charge is 0.480 e. The highest BCUT2D eigenvalue weighted by atomic mass is 16.6. The molecule has 4 rings (SSSR count). The molecule has 2 aliphatic heterocycles. The van der Waals surface area contributed by atoms with Crippen LogP contribution in [-0.4, -0.2) is 38.3 Å². The van der Waals surface area contributed by atoms with Crippen LogP contribution in [-0.2, 0) is 20.8 Å². The third-order valence-corrected chi connectivity index (χ3v) is 5.51. The van der Waals surface area contributed by atoms with Crippen LogP contribution in [0.3, 0.4) is 0 Å². The lowest BCUT2D eigenvalue weighted by molar-refractivity contribution is -0.384. The Morgan fingerprint density at radius 1 is 1.17 bits per heavy atom. The lowest BCUT2D eigenvalue weighted by Gasteiger charge is -2.29. The Balaban J connectivity index is 1.77. The predicted molar refractivity (Wildman–Crippen MR) is 97.4 cm³/mol. The van der Waals surface area contributed by atoms with Gasteiger partial charge in [0.1, 0.15) is 5.54 Å². The van der Waals surface area contributed by atoms with Crippen molar-refractivity contribution in [3.8, 4) is 0 Å². The van der Waals surface area contributed by atoms with Gasteiger partial charge in [0.25, 0.3) is 5.69 Å². The van der Waals surface area contributed by atoms with Crippen LogP contribution >= 0.6 is 0 Å². The Bertz CT molecular complexity index is 1010. The molecule has 2 aliphatic rings. The van der Waals surface area contributed by atoms with Gasteiger partial charge < -0.3 is 5.11 Å². The number of carboxylic acids is 1. The maximum atomic E-state index is 12.6. The Labute approximate surface area is 164 Å². The molecule has 3 heterocycles. The molecule has 29 heavy (non-hydrogen) atoms. The number of carboxylic acid groups (broad SMARTS) is 1. The van der Waals surface area contributed by atoms with E-state index in [9.17, 15) is 29.6 Å². The minimum atomic E-state index is -1.76. The number of hydrogen-bond acceptors (Lipinski definition) is 7. The van der Waals surface area contributed by atoms with Gasteiger partial charge in [0.05, 0.1) is 28.5 Å². The zero-order valence-corrected chi connectivity index (χ0v) is 14.9. The van der Waals surface area contributed by atoms with Crippen molar-refractivity contribution in [2.45, 2.75) is 18.0 Å². The van der Waals surface area contributed by atoms with E-state index >= 15 is 0 Å². The standard InChI is InChI=1S/C19H16N4O6/c24-16-13-14(17(25)21-16)19(18(26)27,22-15(13)12-3-1-2-8-20-12)9-10-4-6-11(7-5-10)23(28)29/h1-8,13-15,22H,9H2,(H,26,27)(H,21,24,25). The van der Waals surface area contributed by atoms with Crippen molar-refractivity contribution in [2.75, 3.05) is 0 Å². The number of nitrogens with one attached hydrogen (secondary N) is 2. The number of hydrogen-bond donors (Lipinski definition) is 3. The number of imide groups is 1. The lowest BCUT2D eigenvalue weighted by atomic mass is 9.76. The summed E-state index contributed by atoms with van der Waals surface area (Å²) in [6.45, 7) is 0. The van der Waals surface area contributed by atoms with E-state index in [1.54, 1.807) is 18.2 Å². The van der Waals surface area contributed by atoms with Crippen LogP contribution in [0.25, 0.3) is 0 Å². The molecule has 2 fully saturated rings. The molecule has 1 aromatic carbocycles. The predicted octanol–water partition coefficient (Wildman–Crippen LogP) is 0.589. The lowest BCUT2D eigenvalue weighted by Crippen LogP contribution is -2.57. The van der Waals surface area contributed by atoms with Crippen LogP contribution in [0, 0.1) is 22.0 Å². The minimum absolute atomic E-state index is 0.129. The van der Waals surface area contributed by atoms with Gasteiger partial charge >= 0.3 is 5.97 Å². The molecule has 1 aromatic heterocycles. The molecule has 0 spiro atoms. The summed E-state index contributed by atoms with van der Waals surface area (Å²) >= 11 is 0. The normalized spacial score (nSPS) is 28.1. The maximum Gasteiger partial charge on any atom is 0.325 e. The van der Waals surface area contributed by atoms with Gasteiger partial charge in [-0.25, -0.2) is 0 Å². The Morgan fingerprint density at radius 2 is 1.90 bits per heavy atom. The van der Waals surface area contributed by atoms with Crippen LogP contribution in [0.2, 0.25) is 0 Å². The fourth-order valence-corrected chi connectivity index (χ4v) is 4.23. The first-order chi connectivity index (χ1) is 13.8. The first-order valence-corrected chi connectivity index (χ1v) is 8.83. The number of nitro groups is 1. The van der Waals surface area contributed by atoms with Gasteiger partial charge in [0.2, 0.25) is 11.8 Å². The number of aliphatic carboxylic acids is 1. The minimum Gasteiger partial charge on any atom is -0.480 e. The summed E-state index contributed by atoms with van der Waals surface area (Å²) in [4.78, 5) is 51.9. The smallest absolute Gasteiger partial charge is 0.325 e. The molecule has 0 radical (unpaired) electrons. The second-order valence-electron chi connectivity index (χ2n) is 7.11. The number of carbonyl (C=O) groups is 3. The third-order valence-electron chi connectivity index (χ3n) is 5.51. The summed E-state index contributed by atoms with van der Waals surface area (Å²) in [5.41, 5.74) is -0.952. The molecular formula is C19H16N4O6. The van der Waals surface area contributed by atoms with E-state index in [4.69, 9.17) is 0 Å². The van der Waals surface area contributed by atoms with Crippen LogP contribution < -0.4 is 10.6 Å². The first kappa shape index (κ1) is 18.7. The number of aromatic nitrogens is 1. The zero-order chi connectivity index (χ0) is 20.8. The van der Waals surface area contributed by atoms with E-state index in [2.05, 4.69) is 15.6 Å². The Morgan fingerprint density at radius 3 is 2.48 bits per heavy atom. The van der Waals surface area contributed by atoms with Crippen molar-refractivity contribution < 1.29 is 24.4 Å². The summed E-state index contributed by atoms with van der Waals surface area (Å²) < 4.78 is 0. The average molecular weight is 396 g/mol. The van der Waals surface area contributed by atoms with Crippen molar-refractivity contribution in [2.24, 2.45) is 11.8 Å². The van der Waals surface area contributed by atoms with E-state index in [1.807, 2.05) is 0 Å². The van der Waals surface area contributed by atoms with Crippen molar-refractivity contribution in [3.63, 3.8) is 0 Å². The van der Waals surface area contributed by atoms with Gasteiger partial charge in [0, 0.05) is 24.8 Å². The highest BCUT2D eigenvalue weighted by Gasteiger charge is 2.66. The summed E-state index contributed by atoms with van der Waals surface area (Å²) in [6.07, 6.45) is 1.39. The second kappa shape index (κ2) is 6.74. The average Bonchev–Trinajstić information content (AvgIpc) is 3.20. The SMILES string of the molecule is O=C1NC(=O)C2C1C(c1ccccn1)NC2(Cc1ccc([N+](=O)[O-])cc1)C(=O)O. The van der Waals surface area contributed by atoms with Crippen molar-refractivity contribution in [1.29, 1.82) is 0 Å². The molecule has 3 N–H and O–H groups in total. The molecule has 4 atom stereocenters. The monoisotopic (exact) mass is 396 g/mol. The number of nitrogens with zero attached hydrogens (tertiary/aromatic N) is 2. The summed E-state index contributed by atoms with van der Waals surface area (Å²) in [7, 11) is 0. The number of nitro benzene ring substituents is 1. The molecule has 0 aliphatic carbocycles. The van der Waals surface area contributed by atoms with Crippen LogP contribution in [0.15, 0.2) is 48.7 Å². The van der Waals surface area contributed by atoms with Crippen molar-refractivity contribution >= 4 is 23.5 Å². The van der Waals surface area contributed by atoms with E-state index in [-0.39, 0.29) is 12.1 Å². The Kier molecular flexibility index (Phi) is 4.35. The van der Waals surface area contributed by atoms with E-state index in [0.29, 0.717) is 11.3 Å². The fraction of sp³-hybridized carbons (Fsp3) is 0.263. The highest BCUT2D eigenvalue weighted by Crippen LogP contribution is 2.47. The Hall–Kier alpha value is -3.66. The molecule has 10 nitrogen and oxygen atoms in total. The zero-order valence-electron chi connectivity index (χ0n) is 14.9. The van der Waals surface area contributed by atoms with E-state index < -0.39 is 46.1 Å². The van der Waals surface area contributed by atoms with Gasteiger partial charge in [-0.1, -0.05) is 18.2 Å². The molecule has 148 valence electrons. The van der Waals surface area contributed by atoms with E-state index in [1.165, 1.54) is 30.5 Å². The van der Waals surface area contributed by atoms with Gasteiger partial charge in [0.15, 0.2) is 0 Å². The number of pyridine rings is 1. The van der Waals surface area contributed by atoms with E-state index in [0.717, 1.165) is 0 Å². The number of non-ortho nitro benzene ring substituents is 1. The first-order valence-electron chi connectivity index (χ1n) is 8.83. The number of benzene rings is 1. The molecule has 0 saturated carbocycles. The van der Waals surface area contributed by atoms with Gasteiger partial charge in [-0.2, -0.15) is 0 Å². The number of rotatable bonds is 5. The molecular weight excluding hydrogens is 380 g/mol. The number of amides is 2. The van der Waals surface area contributed by atoms with Gasteiger partial charge in [-0.05, 0) is 17.7 Å². The second-order valence-corrected chi connectivity index (χ2v) is 7.11. The highest BCUT2D eigenvalue weighted by molar-refractivity contribution is 6.09. The van der Waals surface area contributed by atoms with Gasteiger partial charge in [-0.15, -0.1) is 0 Å². The summed E-state index contributed by atoms with van der Waals surface area (Å²) in [5.74, 6) is -4.55. The topological polar surface area (TPSA) is 152 Å². The molecule has 0 bridgehead atoms. The maximum absolute atomic E-state index is 12.6. The molecule has 4 unspecified atom stereocenters. The number of carbonyl (C=O) groups excluding carboxylic acids is 2. The molecule has 2 saturated heterocycles. The van der Waals surface area contributed by atoms with Crippen molar-refractivity contribution in [3.05, 3.63) is 70.0 Å². The van der Waals surface area contributed by atoms with Gasteiger partial charge in [-0.3, -0.25) is 40.1 Å². The summed E-state index contributed by atoms with van der Waals surface area (Å²) in [6, 6.07) is 9.74. The summed E-state index contributed by atoms with van der Waals surface area (Å²) in [5, 5.41) is 26.2. The van der Waals surface area contributed by atoms with Crippen molar-refractivity contribution in [1.82, 2.24) is 15.6 Å². The quantitative estimate of drug-likeness (QED) is 0.377. The molecule has 10 heteroatoms. The van der Waals surface area contributed by atoms with Crippen LogP contribution in [0.4, 0.5) is 5.69 Å². The van der Waals surface area contributed by atoms with Crippen LogP contribution in [0.5, 0.6) is 0 Å². The third kappa shape index (κ3) is 2.93. The fourth-order valence-electron chi connectivity index (χ4n) is 4.23. The molecule has 2 aromatic rings.